The number of allylic oxidation sites excluding steroid dienone is 1. The van der Waals surface area contributed by atoms with E-state index in [0.717, 1.165) is 6.08 Å². The summed E-state index contributed by atoms with van der Waals surface area (Å²) in [6, 6.07) is 0. The van der Waals surface area contributed by atoms with Crippen molar-refractivity contribution in [3.8, 4) is 0 Å². The fourth-order valence-electron chi connectivity index (χ4n) is 0.183. The van der Waals surface area contributed by atoms with Gasteiger partial charge >= 0.3 is 35.5 Å². The van der Waals surface area contributed by atoms with Gasteiger partial charge in [0.1, 0.15) is 0 Å². The number of hydrogen-bond donors (Lipinski definition) is 0. The van der Waals surface area contributed by atoms with Crippen LogP contribution in [-0.4, -0.2) is 35.5 Å². The maximum absolute atomic E-state index is 10.2. The maximum atomic E-state index is 10.2. The molecule has 0 aliphatic carbocycles. The van der Waals surface area contributed by atoms with Crippen LogP contribution in [0.15, 0.2) is 25.0 Å². The second kappa shape index (κ2) is 7.95. The minimum absolute atomic E-state index is 0. The molecule has 0 unspecified atom stereocenters. The molecule has 0 aliphatic heterocycles. The first-order valence-corrected chi connectivity index (χ1v) is 2.25. The van der Waals surface area contributed by atoms with Crippen LogP contribution >= 0.6 is 0 Å². The van der Waals surface area contributed by atoms with Crippen LogP contribution in [0.5, 0.6) is 0 Å². The van der Waals surface area contributed by atoms with Crippen LogP contribution in [0, 0.1) is 0 Å². The van der Waals surface area contributed by atoms with Crippen molar-refractivity contribution in [3.05, 3.63) is 25.0 Å². The van der Waals surface area contributed by atoms with Gasteiger partial charge < -0.3 is 4.74 Å². The van der Waals surface area contributed by atoms with Gasteiger partial charge in [-0.15, -0.1) is 0 Å². The molecular formula is C6H9NaO2. The second-order valence-electron chi connectivity index (χ2n) is 1.11. The zero-order valence-corrected chi connectivity index (χ0v) is 4.76. The Morgan fingerprint density at radius 2 is 2.22 bits per heavy atom. The first kappa shape index (κ1) is 11.7. The first-order valence-electron chi connectivity index (χ1n) is 2.25. The third-order valence-corrected chi connectivity index (χ3v) is 0.487. The molecular weight excluding hydrogens is 127 g/mol. The van der Waals surface area contributed by atoms with Crippen molar-refractivity contribution in [2.75, 3.05) is 0 Å². The van der Waals surface area contributed by atoms with E-state index < -0.39 is 5.97 Å². The zero-order chi connectivity index (χ0) is 6.41. The second-order valence-corrected chi connectivity index (χ2v) is 1.11. The number of carbonyl (C=O) groups excluding carboxylic acids is 1. The van der Waals surface area contributed by atoms with Crippen LogP contribution in [0.3, 0.4) is 0 Å². The molecule has 0 heterocycles. The average molecular weight is 136 g/mol. The number of rotatable bonds is 2. The summed E-state index contributed by atoms with van der Waals surface area (Å²) in [4.78, 5) is 10.2. The van der Waals surface area contributed by atoms with E-state index in [9.17, 15) is 4.79 Å². The van der Waals surface area contributed by atoms with Crippen molar-refractivity contribution in [2.24, 2.45) is 0 Å². The molecule has 0 saturated carbocycles. The molecule has 0 bridgehead atoms. The van der Waals surface area contributed by atoms with E-state index in [1.54, 1.807) is 13.0 Å². The molecule has 0 aromatic carbocycles. The summed E-state index contributed by atoms with van der Waals surface area (Å²) in [7, 11) is 0. The Morgan fingerprint density at radius 3 is 2.56 bits per heavy atom. The molecule has 0 radical (unpaired) electrons. The fraction of sp³-hybridized carbons (Fsp3) is 0.167. The van der Waals surface area contributed by atoms with Gasteiger partial charge in [0, 0.05) is 6.08 Å². The van der Waals surface area contributed by atoms with Gasteiger partial charge in [0.25, 0.3) is 0 Å². The summed E-state index contributed by atoms with van der Waals surface area (Å²) in [6.45, 7) is 4.97. The van der Waals surface area contributed by atoms with Gasteiger partial charge in [0.2, 0.25) is 0 Å². The minimum atomic E-state index is -0.428. The van der Waals surface area contributed by atoms with Gasteiger partial charge in [-0.3, -0.25) is 0 Å². The molecule has 0 aliphatic rings. The molecule has 9 heavy (non-hydrogen) atoms. The predicted octanol–water partition coefficient (Wildman–Crippen LogP) is 0.601. The summed E-state index contributed by atoms with van der Waals surface area (Å²) in [6.07, 6.45) is 4.05. The standard InChI is InChI=1S/C6H8O2.Na.H/c1-3-5-8-6(7)4-2;;/h3-5H,2H2,1H3;;. The van der Waals surface area contributed by atoms with Gasteiger partial charge in [-0.05, 0) is 6.92 Å². The molecule has 0 atom stereocenters. The fourth-order valence-corrected chi connectivity index (χ4v) is 0.183. The van der Waals surface area contributed by atoms with Crippen molar-refractivity contribution in [1.29, 1.82) is 0 Å². The summed E-state index contributed by atoms with van der Waals surface area (Å²) in [5.41, 5.74) is 0. The molecule has 0 aromatic rings. The van der Waals surface area contributed by atoms with Crippen LogP contribution in [0.2, 0.25) is 0 Å². The molecule has 0 spiro atoms. The Hall–Kier alpha value is -0.0500. The van der Waals surface area contributed by atoms with Crippen LogP contribution in [0.1, 0.15) is 6.92 Å². The number of hydrogen-bond acceptors (Lipinski definition) is 2. The Bertz CT molecular complexity index is 118. The van der Waals surface area contributed by atoms with Crippen molar-refractivity contribution < 1.29 is 9.53 Å². The average Bonchev–Trinajstić information content (AvgIpc) is 1.83. The zero-order valence-electron chi connectivity index (χ0n) is 4.76. The summed E-state index contributed by atoms with van der Waals surface area (Å²) >= 11 is 0. The number of esters is 1. The number of ether oxygens (including phenoxy) is 1. The Labute approximate surface area is 76.9 Å². The Balaban J connectivity index is 0. The third kappa shape index (κ3) is 7.95. The van der Waals surface area contributed by atoms with Crippen LogP contribution < -0.4 is 0 Å². The van der Waals surface area contributed by atoms with E-state index in [1.165, 1.54) is 6.26 Å². The molecule has 0 rings (SSSR count). The molecule has 0 N–H and O–H groups in total. The van der Waals surface area contributed by atoms with Crippen LogP contribution in [0.4, 0.5) is 0 Å². The van der Waals surface area contributed by atoms with Crippen molar-refractivity contribution in [1.82, 2.24) is 0 Å². The van der Waals surface area contributed by atoms with Gasteiger partial charge in [0.05, 0.1) is 6.26 Å². The molecule has 0 amide bonds. The van der Waals surface area contributed by atoms with Gasteiger partial charge in [-0.2, -0.15) is 0 Å². The first-order chi connectivity index (χ1) is 3.81. The summed E-state index contributed by atoms with van der Waals surface area (Å²) in [5, 5.41) is 0. The van der Waals surface area contributed by atoms with Crippen molar-refractivity contribution in [3.63, 3.8) is 0 Å². The molecule has 0 fully saturated rings. The van der Waals surface area contributed by atoms with Crippen molar-refractivity contribution >= 4 is 35.5 Å². The van der Waals surface area contributed by atoms with Gasteiger partial charge in [0.15, 0.2) is 0 Å². The van der Waals surface area contributed by atoms with E-state index in [1.807, 2.05) is 0 Å². The van der Waals surface area contributed by atoms with E-state index in [0.29, 0.717) is 0 Å². The molecule has 46 valence electrons. The predicted molar refractivity (Wildman–Crippen MR) is 38.3 cm³/mol. The monoisotopic (exact) mass is 136 g/mol. The molecule has 0 saturated heterocycles. The molecule has 0 aromatic heterocycles. The Morgan fingerprint density at radius 1 is 1.67 bits per heavy atom. The van der Waals surface area contributed by atoms with Gasteiger partial charge in [-0.25, -0.2) is 4.79 Å². The van der Waals surface area contributed by atoms with Gasteiger partial charge in [-0.1, -0.05) is 12.7 Å². The molecule has 2 nitrogen and oxygen atoms in total. The third-order valence-electron chi connectivity index (χ3n) is 0.487. The molecule has 3 heteroatoms. The normalized spacial score (nSPS) is 8.11. The Kier molecular flexibility index (Phi) is 10.3. The van der Waals surface area contributed by atoms with E-state index in [4.69, 9.17) is 0 Å². The quantitative estimate of drug-likeness (QED) is 0.240. The van der Waals surface area contributed by atoms with Crippen LogP contribution in [0.25, 0.3) is 0 Å². The van der Waals surface area contributed by atoms with E-state index in [2.05, 4.69) is 11.3 Å². The number of carbonyl (C=O) groups is 1. The van der Waals surface area contributed by atoms with E-state index in [-0.39, 0.29) is 29.6 Å². The van der Waals surface area contributed by atoms with E-state index >= 15 is 0 Å². The topological polar surface area (TPSA) is 26.3 Å². The SMILES string of the molecule is C=CC(=O)OC=CC.[NaH]. The van der Waals surface area contributed by atoms with Crippen molar-refractivity contribution in [2.45, 2.75) is 6.92 Å². The van der Waals surface area contributed by atoms with Crippen LogP contribution in [-0.2, 0) is 9.53 Å². The summed E-state index contributed by atoms with van der Waals surface area (Å²) < 4.78 is 4.40. The summed E-state index contributed by atoms with van der Waals surface area (Å²) in [5.74, 6) is -0.428.